The summed E-state index contributed by atoms with van der Waals surface area (Å²) in [6, 6.07) is 11.1. The highest BCUT2D eigenvalue weighted by Crippen LogP contribution is 2.36. The third-order valence-electron chi connectivity index (χ3n) is 3.82. The molecule has 0 N–H and O–H groups in total. The van der Waals surface area contributed by atoms with E-state index in [1.807, 2.05) is 57.2 Å². The first-order valence-electron chi connectivity index (χ1n) is 7.57. The second kappa shape index (κ2) is 5.85. The molecule has 0 radical (unpaired) electrons. The third-order valence-corrected chi connectivity index (χ3v) is 4.07. The van der Waals surface area contributed by atoms with Crippen LogP contribution in [-0.4, -0.2) is 16.6 Å². The summed E-state index contributed by atoms with van der Waals surface area (Å²) in [5, 5.41) is 6.81. The van der Waals surface area contributed by atoms with Crippen LogP contribution in [0.15, 0.2) is 52.2 Å². The van der Waals surface area contributed by atoms with Gasteiger partial charge in [0.05, 0.1) is 12.3 Å². The fraction of sp³-hybridized carbons (Fsp3) is 0.333. The van der Waals surface area contributed by atoms with Crippen LogP contribution in [0.25, 0.3) is 0 Å². The SMILES string of the molecule is CC(C)(C)C(=O)N1N=C(c2ccco2)CC1c1ccc(Cl)cc1. The van der Waals surface area contributed by atoms with Crippen molar-refractivity contribution in [3.05, 3.63) is 59.0 Å². The summed E-state index contributed by atoms with van der Waals surface area (Å²) in [5.74, 6) is 0.687. The average Bonchev–Trinajstić information content (AvgIpc) is 3.15. The molecule has 2 aromatic rings. The number of amides is 1. The van der Waals surface area contributed by atoms with Gasteiger partial charge in [0.25, 0.3) is 0 Å². The predicted octanol–water partition coefficient (Wildman–Crippen LogP) is 4.66. The molecular formula is C18H19ClN2O2. The van der Waals surface area contributed by atoms with E-state index in [2.05, 4.69) is 5.10 Å². The van der Waals surface area contributed by atoms with Crippen molar-refractivity contribution in [2.24, 2.45) is 10.5 Å². The molecule has 0 saturated heterocycles. The number of nitrogens with zero attached hydrogens (tertiary/aromatic N) is 2. The molecule has 1 aliphatic rings. The van der Waals surface area contributed by atoms with Crippen LogP contribution in [0, 0.1) is 5.41 Å². The van der Waals surface area contributed by atoms with E-state index < -0.39 is 5.41 Å². The van der Waals surface area contributed by atoms with Crippen molar-refractivity contribution in [1.29, 1.82) is 0 Å². The monoisotopic (exact) mass is 330 g/mol. The van der Waals surface area contributed by atoms with Gasteiger partial charge in [-0.2, -0.15) is 5.10 Å². The first-order valence-corrected chi connectivity index (χ1v) is 7.94. The van der Waals surface area contributed by atoms with E-state index in [0.717, 1.165) is 11.3 Å². The number of carbonyl (C=O) groups excluding carboxylic acids is 1. The van der Waals surface area contributed by atoms with Gasteiger partial charge >= 0.3 is 0 Å². The zero-order valence-corrected chi connectivity index (χ0v) is 14.2. The molecule has 2 heterocycles. The summed E-state index contributed by atoms with van der Waals surface area (Å²) in [7, 11) is 0. The lowest BCUT2D eigenvalue weighted by Crippen LogP contribution is -2.36. The molecule has 0 aliphatic carbocycles. The summed E-state index contributed by atoms with van der Waals surface area (Å²) in [6.45, 7) is 5.69. The van der Waals surface area contributed by atoms with Crippen LogP contribution in [0.4, 0.5) is 0 Å². The summed E-state index contributed by atoms with van der Waals surface area (Å²) in [6.07, 6.45) is 2.24. The topological polar surface area (TPSA) is 45.8 Å². The van der Waals surface area contributed by atoms with Gasteiger partial charge in [-0.05, 0) is 29.8 Å². The van der Waals surface area contributed by atoms with Crippen LogP contribution >= 0.6 is 11.6 Å². The lowest BCUT2D eigenvalue weighted by atomic mass is 9.93. The molecule has 23 heavy (non-hydrogen) atoms. The fourth-order valence-electron chi connectivity index (χ4n) is 2.58. The lowest BCUT2D eigenvalue weighted by Gasteiger charge is -2.28. The minimum atomic E-state index is -0.507. The highest BCUT2D eigenvalue weighted by Gasteiger charge is 2.38. The molecule has 1 unspecified atom stereocenters. The number of hydrogen-bond donors (Lipinski definition) is 0. The standard InChI is InChI=1S/C18H19ClN2O2/c1-18(2,3)17(22)21-15(12-6-8-13(19)9-7-12)11-14(20-21)16-5-4-10-23-16/h4-10,15H,11H2,1-3H3. The van der Waals surface area contributed by atoms with Gasteiger partial charge < -0.3 is 4.42 Å². The number of furan rings is 1. The van der Waals surface area contributed by atoms with Gasteiger partial charge in [-0.1, -0.05) is 44.5 Å². The molecule has 1 amide bonds. The number of benzene rings is 1. The maximum absolute atomic E-state index is 12.8. The van der Waals surface area contributed by atoms with Crippen molar-refractivity contribution in [2.75, 3.05) is 0 Å². The molecule has 1 atom stereocenters. The maximum atomic E-state index is 12.8. The molecular weight excluding hydrogens is 312 g/mol. The number of halogens is 1. The molecule has 0 fully saturated rings. The van der Waals surface area contributed by atoms with E-state index in [1.54, 1.807) is 11.3 Å². The van der Waals surface area contributed by atoms with Crippen LogP contribution in [0.3, 0.4) is 0 Å². The predicted molar refractivity (Wildman–Crippen MR) is 90.4 cm³/mol. The van der Waals surface area contributed by atoms with Gasteiger partial charge in [0.15, 0.2) is 0 Å². The van der Waals surface area contributed by atoms with Crippen molar-refractivity contribution in [1.82, 2.24) is 5.01 Å². The second-order valence-corrected chi connectivity index (χ2v) is 7.13. The fourth-order valence-corrected chi connectivity index (χ4v) is 2.70. The van der Waals surface area contributed by atoms with E-state index in [4.69, 9.17) is 16.0 Å². The normalized spacial score (nSPS) is 18.2. The lowest BCUT2D eigenvalue weighted by molar-refractivity contribution is -0.141. The Labute approximate surface area is 140 Å². The second-order valence-electron chi connectivity index (χ2n) is 6.70. The Bertz CT molecular complexity index is 727. The van der Waals surface area contributed by atoms with Crippen LogP contribution in [-0.2, 0) is 4.79 Å². The molecule has 1 aromatic heterocycles. The zero-order chi connectivity index (χ0) is 16.6. The van der Waals surface area contributed by atoms with E-state index >= 15 is 0 Å². The quantitative estimate of drug-likeness (QED) is 0.804. The van der Waals surface area contributed by atoms with Crippen molar-refractivity contribution < 1.29 is 9.21 Å². The Kier molecular flexibility index (Phi) is 4.02. The van der Waals surface area contributed by atoms with Crippen LogP contribution < -0.4 is 0 Å². The Morgan fingerprint density at radius 3 is 2.52 bits per heavy atom. The molecule has 4 nitrogen and oxygen atoms in total. The van der Waals surface area contributed by atoms with Crippen molar-refractivity contribution >= 4 is 23.2 Å². The minimum Gasteiger partial charge on any atom is -0.463 e. The molecule has 120 valence electrons. The summed E-state index contributed by atoms with van der Waals surface area (Å²) < 4.78 is 5.44. The van der Waals surface area contributed by atoms with E-state index in [-0.39, 0.29) is 11.9 Å². The van der Waals surface area contributed by atoms with Crippen LogP contribution in [0.5, 0.6) is 0 Å². The van der Waals surface area contributed by atoms with Crippen LogP contribution in [0.1, 0.15) is 44.6 Å². The highest BCUT2D eigenvalue weighted by atomic mass is 35.5. The smallest absolute Gasteiger partial charge is 0.248 e. The molecule has 0 spiro atoms. The van der Waals surface area contributed by atoms with Gasteiger partial charge in [0.1, 0.15) is 11.5 Å². The van der Waals surface area contributed by atoms with Crippen LogP contribution in [0.2, 0.25) is 5.02 Å². The number of rotatable bonds is 2. The van der Waals surface area contributed by atoms with E-state index in [0.29, 0.717) is 17.2 Å². The third kappa shape index (κ3) is 3.17. The molecule has 0 saturated carbocycles. The molecule has 0 bridgehead atoms. The largest absolute Gasteiger partial charge is 0.463 e. The number of carbonyl (C=O) groups is 1. The van der Waals surface area contributed by atoms with E-state index in [9.17, 15) is 4.79 Å². The van der Waals surface area contributed by atoms with Gasteiger partial charge in [0, 0.05) is 16.9 Å². The Hall–Kier alpha value is -2.07. The summed E-state index contributed by atoms with van der Waals surface area (Å²) in [5.41, 5.74) is 1.29. The summed E-state index contributed by atoms with van der Waals surface area (Å²) >= 11 is 5.98. The minimum absolute atomic E-state index is 0.0148. The van der Waals surface area contributed by atoms with Gasteiger partial charge in [-0.25, -0.2) is 5.01 Å². The van der Waals surface area contributed by atoms with Gasteiger partial charge in [-0.15, -0.1) is 0 Å². The zero-order valence-electron chi connectivity index (χ0n) is 13.4. The summed E-state index contributed by atoms with van der Waals surface area (Å²) in [4.78, 5) is 12.8. The van der Waals surface area contributed by atoms with Crippen molar-refractivity contribution in [3.63, 3.8) is 0 Å². The average molecular weight is 331 g/mol. The highest BCUT2D eigenvalue weighted by molar-refractivity contribution is 6.30. The Morgan fingerprint density at radius 1 is 1.26 bits per heavy atom. The van der Waals surface area contributed by atoms with E-state index in [1.165, 1.54) is 0 Å². The van der Waals surface area contributed by atoms with Gasteiger partial charge in [0.2, 0.25) is 5.91 Å². The maximum Gasteiger partial charge on any atom is 0.248 e. The molecule has 1 aromatic carbocycles. The molecule has 3 rings (SSSR count). The van der Waals surface area contributed by atoms with Crippen molar-refractivity contribution in [3.8, 4) is 0 Å². The van der Waals surface area contributed by atoms with Crippen molar-refractivity contribution in [2.45, 2.75) is 33.2 Å². The first-order chi connectivity index (χ1) is 10.9. The Morgan fingerprint density at radius 2 is 1.96 bits per heavy atom. The Balaban J connectivity index is 1.98. The number of hydrazone groups is 1. The molecule has 1 aliphatic heterocycles. The number of hydrogen-bond acceptors (Lipinski definition) is 3. The van der Waals surface area contributed by atoms with Gasteiger partial charge in [-0.3, -0.25) is 4.79 Å². The molecule has 5 heteroatoms. The first kappa shape index (κ1) is 15.8.